The monoisotopic (exact) mass is 1780 g/mol. The molecule has 0 fully saturated rings. The highest BCUT2D eigenvalue weighted by molar-refractivity contribution is 9.42. The van der Waals surface area contributed by atoms with Gasteiger partial charge in [-0.05, 0) is 0 Å². The molecule has 0 nitrogen and oxygen atoms in total. The largest absolute Gasteiger partial charge is 0.155 e. The minimum Gasteiger partial charge on any atom is -0.0758 e. The summed E-state index contributed by atoms with van der Waals surface area (Å²) in [5.41, 5.74) is 0. The highest BCUT2D eigenvalue weighted by Gasteiger charge is 2.80. The third-order valence-corrected chi connectivity index (χ3v) is 40.9. The van der Waals surface area contributed by atoms with E-state index < -0.39 is 28.0 Å². The van der Waals surface area contributed by atoms with Gasteiger partial charge in [-0.15, -0.1) is 0 Å². The third kappa shape index (κ3) is 7.49. The molecule has 0 saturated carbocycles. The summed E-state index contributed by atoms with van der Waals surface area (Å²) in [6.45, 7) is 0. The molecule has 31 heavy (non-hydrogen) atoms. The first-order valence-electron chi connectivity index (χ1n) is 6.22. The van der Waals surface area contributed by atoms with Crippen LogP contribution in [-0.2, 0) is 0 Å². The second-order valence-corrected chi connectivity index (χ2v) is 43.4. The fraction of sp³-hybridized carbons (Fsp3) is 0.900. The van der Waals surface area contributed by atoms with Crippen LogP contribution in [-0.4, -0.2) is 28.0 Å². The van der Waals surface area contributed by atoms with E-state index in [1.165, 1.54) is 0 Å². The number of hydrogen-bond acceptors (Lipinski definition) is 0. The highest BCUT2D eigenvalue weighted by atomic mass is 80.0. The molecule has 0 atom stereocenters. The predicted molar refractivity (Wildman–Crippen MR) is 215 cm³/mol. The molecule has 0 aromatic heterocycles. The van der Waals surface area contributed by atoms with Crippen LogP contribution in [0.2, 0.25) is 0 Å². The molecule has 0 rings (SSSR count). The lowest BCUT2D eigenvalue weighted by atomic mass is 10.0. The normalized spacial score (nSPS) is 16.8. The third-order valence-electron chi connectivity index (χ3n) is 3.42. The molecule has 0 aromatic rings. The minimum atomic E-state index is -1.08. The molecule has 0 unspecified atom stereocenters. The number of alkyl halides is 19. The first kappa shape index (κ1) is 41.1. The van der Waals surface area contributed by atoms with Gasteiger partial charge >= 0.3 is 0 Å². The Kier molecular flexibility index (Phi) is 18.0. The average molecular weight is 1800 g/mol. The Labute approximate surface area is 357 Å². The van der Waals surface area contributed by atoms with Crippen LogP contribution in [0.25, 0.3) is 0 Å². The van der Waals surface area contributed by atoms with E-state index >= 15 is 0 Å². The molecule has 21 heteroatoms. The smallest absolute Gasteiger partial charge is 0.0758 e. The van der Waals surface area contributed by atoms with Gasteiger partial charge in [0.05, 0.1) is 0 Å². The number of halogens is 21. The maximum atomic E-state index is 3.89. The molecule has 0 bridgehead atoms. The van der Waals surface area contributed by atoms with Crippen LogP contribution < -0.4 is 0 Å². The summed E-state index contributed by atoms with van der Waals surface area (Å²) in [4.78, 5) is 0. The molecule has 0 amide bonds. The fourth-order valence-electron chi connectivity index (χ4n) is 1.64. The molecule has 0 aromatic carbocycles. The number of hydrogen-bond donors (Lipinski definition) is 0. The SMILES string of the molecule is Br[C](Br)C(Br)(Br)C(Br)(Br)C(Br)(Br)C(Br)(Br)C(Br)(Br)C(Br)(Br)C(Br)(C(Br)(Br)Br)C(Br)(Br)Br. The molecule has 1 radical (unpaired) electrons. The summed E-state index contributed by atoms with van der Waals surface area (Å²) in [5.74, 6) is 0. The summed E-state index contributed by atoms with van der Waals surface area (Å²) in [6, 6.07) is 0. The summed E-state index contributed by atoms with van der Waals surface area (Å²) in [7, 11) is 0. The zero-order valence-corrected chi connectivity index (χ0v) is 46.2. The van der Waals surface area contributed by atoms with Crippen LogP contribution in [0, 0.1) is 3.74 Å². The quantitative estimate of drug-likeness (QED) is 0.223. The van der Waals surface area contributed by atoms with E-state index in [1.54, 1.807) is 0 Å². The van der Waals surface area contributed by atoms with Crippen molar-refractivity contribution < 1.29 is 0 Å². The molecule has 187 valence electrons. The molecular formula is C10Br21. The lowest BCUT2D eigenvalue weighted by molar-refractivity contribution is 0.538. The molecule has 0 spiro atoms. The predicted octanol–water partition coefficient (Wildman–Crippen LogP) is 16.0. The van der Waals surface area contributed by atoms with Crippen LogP contribution >= 0.6 is 335 Å². The average Bonchev–Trinajstić information content (AvgIpc) is 2.50. The topological polar surface area (TPSA) is 0 Å². The molecule has 0 aliphatic rings. The van der Waals surface area contributed by atoms with Gasteiger partial charge in [-0.3, -0.25) is 0 Å². The van der Waals surface area contributed by atoms with Crippen molar-refractivity contribution in [3.63, 3.8) is 0 Å². The van der Waals surface area contributed by atoms with E-state index in [0.717, 1.165) is 0 Å². The van der Waals surface area contributed by atoms with Crippen molar-refractivity contribution >= 4 is 335 Å². The van der Waals surface area contributed by atoms with Gasteiger partial charge in [-0.1, -0.05) is 335 Å². The fourth-order valence-corrected chi connectivity index (χ4v) is 24.5. The van der Waals surface area contributed by atoms with E-state index in [-0.39, 0.29) is 0 Å². The molecule has 0 N–H and O–H groups in total. The van der Waals surface area contributed by atoms with Crippen LogP contribution in [0.15, 0.2) is 0 Å². The summed E-state index contributed by atoms with van der Waals surface area (Å²) in [5, 5.41) is 0. The summed E-state index contributed by atoms with van der Waals surface area (Å²) >= 11 is 78.9. The molecule has 0 heterocycles. The summed E-state index contributed by atoms with van der Waals surface area (Å²) < 4.78 is -8.19. The Morgan fingerprint density at radius 1 is 0.323 bits per heavy atom. The van der Waals surface area contributed by atoms with Crippen LogP contribution in [0.4, 0.5) is 0 Å². The molecule has 0 aliphatic heterocycles. The van der Waals surface area contributed by atoms with Crippen molar-refractivity contribution in [2.45, 2.75) is 28.0 Å². The van der Waals surface area contributed by atoms with E-state index in [1.807, 2.05) is 0 Å². The van der Waals surface area contributed by atoms with Crippen LogP contribution in [0.1, 0.15) is 0 Å². The van der Waals surface area contributed by atoms with Crippen molar-refractivity contribution in [3.8, 4) is 0 Å². The van der Waals surface area contributed by atoms with Gasteiger partial charge < -0.3 is 0 Å². The standard InChI is InChI=1S/C10Br21/c11-1(12)2(13,14)4(16,17)6(20,21)8(24,25)7(22,23)5(18,19)3(15,9(26,27)28)10(29,30)31. The highest BCUT2D eigenvalue weighted by Crippen LogP contribution is 2.80. The van der Waals surface area contributed by atoms with Crippen molar-refractivity contribution in [3.05, 3.63) is 3.74 Å². The van der Waals surface area contributed by atoms with Crippen LogP contribution in [0.3, 0.4) is 0 Å². The van der Waals surface area contributed by atoms with Crippen molar-refractivity contribution in [1.82, 2.24) is 0 Å². The first-order chi connectivity index (χ1) is 12.9. The minimum absolute atomic E-state index is 0.676. The van der Waals surface area contributed by atoms with Crippen LogP contribution in [0.5, 0.6) is 0 Å². The second-order valence-electron chi connectivity index (χ2n) is 5.36. The lowest BCUT2D eigenvalue weighted by Gasteiger charge is -2.60. The first-order valence-corrected chi connectivity index (χ1v) is 22.9. The maximum absolute atomic E-state index is 3.89. The van der Waals surface area contributed by atoms with E-state index in [2.05, 4.69) is 335 Å². The Hall–Kier alpha value is 10.1. The zero-order chi connectivity index (χ0) is 26.1. The van der Waals surface area contributed by atoms with E-state index in [0.29, 0.717) is 3.74 Å². The van der Waals surface area contributed by atoms with Gasteiger partial charge in [0.1, 0.15) is 27.5 Å². The van der Waals surface area contributed by atoms with Gasteiger partial charge in [-0.2, -0.15) is 0 Å². The van der Waals surface area contributed by atoms with Crippen molar-refractivity contribution in [2.24, 2.45) is 0 Å². The van der Waals surface area contributed by atoms with Gasteiger partial charge in [0.25, 0.3) is 0 Å². The Balaban J connectivity index is 7.11. The van der Waals surface area contributed by atoms with Gasteiger partial charge in [-0.25, -0.2) is 0 Å². The van der Waals surface area contributed by atoms with Gasteiger partial charge in [0, 0.05) is 0 Å². The second kappa shape index (κ2) is 13.6. The van der Waals surface area contributed by atoms with Crippen molar-refractivity contribution in [1.29, 1.82) is 0 Å². The Morgan fingerprint density at radius 3 is 0.774 bits per heavy atom. The maximum Gasteiger partial charge on any atom is 0.155 e. The Morgan fingerprint density at radius 2 is 0.548 bits per heavy atom. The van der Waals surface area contributed by atoms with Gasteiger partial charge in [0.2, 0.25) is 0 Å². The lowest BCUT2D eigenvalue weighted by Crippen LogP contribution is -2.71. The van der Waals surface area contributed by atoms with E-state index in [4.69, 9.17) is 0 Å². The van der Waals surface area contributed by atoms with E-state index in [9.17, 15) is 0 Å². The molecular weight excluding hydrogens is 1800 g/mol. The summed E-state index contributed by atoms with van der Waals surface area (Å²) in [6.07, 6.45) is 0. The van der Waals surface area contributed by atoms with Crippen molar-refractivity contribution in [2.75, 3.05) is 0 Å². The zero-order valence-electron chi connectivity index (χ0n) is 12.9. The Bertz CT molecular complexity index is 632. The van der Waals surface area contributed by atoms with Gasteiger partial charge in [0.15, 0.2) is 4.29 Å². The molecule has 0 saturated heterocycles. The molecule has 0 aliphatic carbocycles. The number of rotatable bonds is 7.